The number of anilines is 1. The third-order valence-corrected chi connectivity index (χ3v) is 6.26. The number of nitrogens with two attached hydrogens (primary N) is 3. The molecule has 1 aromatic heterocycles. The Morgan fingerprint density at radius 1 is 1.24 bits per heavy atom. The first kappa shape index (κ1) is 31.5. The van der Waals surface area contributed by atoms with Crippen molar-refractivity contribution < 1.29 is 41.1 Å². The van der Waals surface area contributed by atoms with Crippen molar-refractivity contribution in [3.8, 4) is 0 Å². The smallest absolute Gasteiger partial charge is 0.475 e. The largest absolute Gasteiger partial charge is 0.490 e. The molecule has 0 bridgehead atoms. The van der Waals surface area contributed by atoms with E-state index in [-0.39, 0.29) is 29.7 Å². The van der Waals surface area contributed by atoms with E-state index in [0.29, 0.717) is 11.3 Å². The van der Waals surface area contributed by atoms with Crippen LogP contribution in [0.3, 0.4) is 0 Å². The number of hydrogen-bond donors (Lipinski definition) is 5. The topological polar surface area (TPSA) is 222 Å². The van der Waals surface area contributed by atoms with Gasteiger partial charge in [-0.1, -0.05) is 24.8 Å². The van der Waals surface area contributed by atoms with Crippen molar-refractivity contribution in [1.82, 2.24) is 9.88 Å². The van der Waals surface area contributed by atoms with Crippen LogP contribution in [-0.2, 0) is 30.8 Å². The van der Waals surface area contributed by atoms with Crippen molar-refractivity contribution in [2.24, 2.45) is 16.6 Å². The highest BCUT2D eigenvalue weighted by molar-refractivity contribution is 7.91. The van der Waals surface area contributed by atoms with Gasteiger partial charge in [-0.25, -0.2) is 13.2 Å². The van der Waals surface area contributed by atoms with Crippen LogP contribution in [0.2, 0.25) is 0 Å². The first-order valence-electron chi connectivity index (χ1n) is 10.3. The standard InChI is InChI=1S/C19H24N6O5S.C2HF3O2/c1-3-13-4-6-14(7-5-13)31(28,29)17-15(20)10-12(2)25(18(17)27)11-16(26)23-8-9-30-24-19(21)22;3-2(4,5)1(6)7/h3-7,10H,1,8-9,11,20H2,2H3,(H,23,26)(H4,21,22,24);(H,6,7). The molecule has 0 aliphatic rings. The third-order valence-electron chi connectivity index (χ3n) is 4.42. The normalized spacial score (nSPS) is 10.9. The van der Waals surface area contributed by atoms with Gasteiger partial charge in [0.25, 0.3) is 5.56 Å². The first-order chi connectivity index (χ1) is 17.5. The quantitative estimate of drug-likeness (QED) is 0.121. The van der Waals surface area contributed by atoms with E-state index in [9.17, 15) is 31.2 Å². The maximum absolute atomic E-state index is 13.1. The van der Waals surface area contributed by atoms with Gasteiger partial charge in [-0.05, 0) is 35.8 Å². The van der Waals surface area contributed by atoms with Crippen molar-refractivity contribution in [3.63, 3.8) is 0 Å². The SMILES string of the molecule is C=Cc1ccc(S(=O)(=O)c2c(N)cc(C)n(CC(=O)NCCON=C(N)N)c2=O)cc1.O=C(O)C(F)(F)F. The number of pyridine rings is 1. The van der Waals surface area contributed by atoms with Crippen molar-refractivity contribution in [3.05, 3.63) is 58.5 Å². The van der Waals surface area contributed by atoms with Crippen LogP contribution < -0.4 is 28.1 Å². The Labute approximate surface area is 214 Å². The van der Waals surface area contributed by atoms with E-state index in [1.807, 2.05) is 0 Å². The number of carbonyl (C=O) groups is 2. The minimum Gasteiger partial charge on any atom is -0.475 e. The summed E-state index contributed by atoms with van der Waals surface area (Å²) in [4.78, 5) is 38.1. The number of carbonyl (C=O) groups excluding carboxylic acids is 1. The maximum atomic E-state index is 13.1. The Hall–Kier alpha value is -4.54. The average Bonchev–Trinajstić information content (AvgIpc) is 2.80. The molecule has 13 nitrogen and oxygen atoms in total. The summed E-state index contributed by atoms with van der Waals surface area (Å²) >= 11 is 0. The highest BCUT2D eigenvalue weighted by atomic mass is 32.2. The second-order valence-electron chi connectivity index (χ2n) is 7.24. The molecule has 0 unspecified atom stereocenters. The number of carboxylic acid groups (broad SMARTS) is 1. The van der Waals surface area contributed by atoms with Crippen LogP contribution in [0, 0.1) is 6.92 Å². The predicted molar refractivity (Wildman–Crippen MR) is 130 cm³/mol. The van der Waals surface area contributed by atoms with Gasteiger partial charge < -0.3 is 37.0 Å². The number of aliphatic carboxylic acids is 1. The number of halogens is 3. The Kier molecular flexibility index (Phi) is 10.9. The number of sulfone groups is 1. The van der Waals surface area contributed by atoms with Gasteiger partial charge in [0.05, 0.1) is 17.1 Å². The molecule has 0 spiro atoms. The summed E-state index contributed by atoms with van der Waals surface area (Å²) in [5.74, 6) is -3.56. The summed E-state index contributed by atoms with van der Waals surface area (Å²) in [5, 5.41) is 12.9. The molecule has 0 radical (unpaired) electrons. The van der Waals surface area contributed by atoms with Crippen LogP contribution in [0.4, 0.5) is 18.9 Å². The molecule has 208 valence electrons. The lowest BCUT2D eigenvalue weighted by Crippen LogP contribution is -2.37. The van der Waals surface area contributed by atoms with Crippen molar-refractivity contribution >= 4 is 39.4 Å². The van der Waals surface area contributed by atoms with Gasteiger partial charge in [0, 0.05) is 5.69 Å². The Morgan fingerprint density at radius 3 is 2.26 bits per heavy atom. The Bertz CT molecular complexity index is 1370. The van der Waals surface area contributed by atoms with E-state index in [1.165, 1.54) is 18.2 Å². The first-order valence-corrected chi connectivity index (χ1v) is 11.8. The van der Waals surface area contributed by atoms with E-state index in [2.05, 4.69) is 17.1 Å². The van der Waals surface area contributed by atoms with E-state index in [1.54, 1.807) is 25.1 Å². The zero-order chi connectivity index (χ0) is 29.3. The van der Waals surface area contributed by atoms with Gasteiger partial charge in [0.2, 0.25) is 21.7 Å². The summed E-state index contributed by atoms with van der Waals surface area (Å²) in [6.07, 6.45) is -3.52. The number of hydrogen-bond acceptors (Lipinski definition) is 8. The minimum absolute atomic E-state index is 0.000405. The molecule has 1 aromatic carbocycles. The lowest BCUT2D eigenvalue weighted by Gasteiger charge is -2.14. The van der Waals surface area contributed by atoms with E-state index in [0.717, 1.165) is 4.57 Å². The van der Waals surface area contributed by atoms with Crippen LogP contribution in [0.25, 0.3) is 6.08 Å². The van der Waals surface area contributed by atoms with Gasteiger partial charge in [0.1, 0.15) is 13.2 Å². The van der Waals surface area contributed by atoms with Crippen LogP contribution in [0.1, 0.15) is 11.3 Å². The summed E-state index contributed by atoms with van der Waals surface area (Å²) < 4.78 is 58.9. The summed E-state index contributed by atoms with van der Waals surface area (Å²) in [6.45, 7) is 4.81. The fourth-order valence-corrected chi connectivity index (χ4v) is 4.14. The number of aryl methyl sites for hydroxylation is 1. The molecule has 8 N–H and O–H groups in total. The lowest BCUT2D eigenvalue weighted by molar-refractivity contribution is -0.192. The van der Waals surface area contributed by atoms with Crippen LogP contribution >= 0.6 is 0 Å². The molecule has 2 aromatic rings. The molecule has 0 aliphatic carbocycles. The van der Waals surface area contributed by atoms with Gasteiger partial charge in [0.15, 0.2) is 4.90 Å². The van der Waals surface area contributed by atoms with E-state index < -0.39 is 44.9 Å². The predicted octanol–water partition coefficient (Wildman–Crippen LogP) is 0.169. The van der Waals surface area contributed by atoms with Crippen molar-refractivity contribution in [2.45, 2.75) is 29.4 Å². The number of oxime groups is 1. The molecule has 1 heterocycles. The van der Waals surface area contributed by atoms with Crippen LogP contribution in [-0.4, -0.2) is 55.3 Å². The number of guanidine groups is 1. The van der Waals surface area contributed by atoms with Crippen molar-refractivity contribution in [1.29, 1.82) is 0 Å². The minimum atomic E-state index is -5.08. The zero-order valence-electron chi connectivity index (χ0n) is 19.9. The maximum Gasteiger partial charge on any atom is 0.490 e. The summed E-state index contributed by atoms with van der Waals surface area (Å²) in [6, 6.07) is 7.17. The molecule has 1 amide bonds. The third kappa shape index (κ3) is 8.84. The van der Waals surface area contributed by atoms with Crippen LogP contribution in [0.15, 0.2) is 56.7 Å². The Balaban J connectivity index is 0.000000905. The van der Waals surface area contributed by atoms with Crippen LogP contribution in [0.5, 0.6) is 0 Å². The van der Waals surface area contributed by atoms with E-state index >= 15 is 0 Å². The molecule has 17 heteroatoms. The van der Waals surface area contributed by atoms with Gasteiger partial charge in [-0.3, -0.25) is 9.59 Å². The molecular formula is C21H25F3N6O7S. The fraction of sp³-hybridized carbons (Fsp3) is 0.238. The second-order valence-corrected chi connectivity index (χ2v) is 9.13. The highest BCUT2D eigenvalue weighted by Gasteiger charge is 2.38. The molecule has 0 atom stereocenters. The molecule has 0 aliphatic heterocycles. The molecule has 0 saturated heterocycles. The number of nitrogen functional groups attached to an aromatic ring is 1. The Morgan fingerprint density at radius 2 is 1.79 bits per heavy atom. The monoisotopic (exact) mass is 562 g/mol. The number of rotatable bonds is 9. The number of benzene rings is 1. The van der Waals surface area contributed by atoms with Gasteiger partial charge in [-0.15, -0.1) is 0 Å². The molecule has 2 rings (SSSR count). The number of aromatic nitrogens is 1. The number of alkyl halides is 3. The number of amides is 1. The molecule has 0 fully saturated rings. The van der Waals surface area contributed by atoms with Gasteiger partial charge in [-0.2, -0.15) is 13.2 Å². The number of nitrogens with one attached hydrogen (secondary N) is 1. The number of carboxylic acids is 1. The van der Waals surface area contributed by atoms with E-state index in [4.69, 9.17) is 31.9 Å². The molecular weight excluding hydrogens is 537 g/mol. The highest BCUT2D eigenvalue weighted by Crippen LogP contribution is 2.24. The fourth-order valence-electron chi connectivity index (χ4n) is 2.70. The van der Waals surface area contributed by atoms with Crippen molar-refractivity contribution in [2.75, 3.05) is 18.9 Å². The lowest BCUT2D eigenvalue weighted by atomic mass is 10.2. The molecule has 38 heavy (non-hydrogen) atoms. The summed E-state index contributed by atoms with van der Waals surface area (Å²) in [7, 11) is -4.22. The number of nitrogens with zero attached hydrogens (tertiary/aromatic N) is 2. The zero-order valence-corrected chi connectivity index (χ0v) is 20.7. The van der Waals surface area contributed by atoms with Gasteiger partial charge >= 0.3 is 12.1 Å². The summed E-state index contributed by atoms with van der Waals surface area (Å²) in [5.41, 5.74) is 16.0. The average molecular weight is 563 g/mol. The molecule has 0 saturated carbocycles. The second kappa shape index (κ2) is 13.1.